The van der Waals surface area contributed by atoms with Crippen molar-refractivity contribution in [2.75, 3.05) is 13.7 Å². The lowest BCUT2D eigenvalue weighted by atomic mass is 9.93. The second-order valence-electron chi connectivity index (χ2n) is 4.53. The molecule has 0 aliphatic heterocycles. The first-order chi connectivity index (χ1) is 8.10. The molecule has 96 valence electrons. The average Bonchev–Trinajstić information content (AvgIpc) is 2.28. The molecule has 0 amide bonds. The minimum absolute atomic E-state index is 0.147. The monoisotopic (exact) mass is 255 g/mol. The number of halogens is 1. The van der Waals surface area contributed by atoms with Crippen molar-refractivity contribution in [1.82, 2.24) is 5.32 Å². The molecule has 17 heavy (non-hydrogen) atoms. The molecule has 2 unspecified atom stereocenters. The van der Waals surface area contributed by atoms with E-state index >= 15 is 0 Å². The van der Waals surface area contributed by atoms with Gasteiger partial charge in [0.25, 0.3) is 0 Å². The Kier molecular flexibility index (Phi) is 5.96. The quantitative estimate of drug-likeness (QED) is 0.838. The van der Waals surface area contributed by atoms with Crippen molar-refractivity contribution >= 4 is 11.6 Å². The number of hydrogen-bond donors (Lipinski definition) is 1. The highest BCUT2D eigenvalue weighted by atomic mass is 35.5. The Labute approximate surface area is 109 Å². The lowest BCUT2D eigenvalue weighted by molar-refractivity contribution is 0.0331. The Balaban J connectivity index is 2.98. The summed E-state index contributed by atoms with van der Waals surface area (Å²) in [6.07, 6.45) is 0.147. The molecule has 0 aromatic heterocycles. The predicted molar refractivity (Wildman–Crippen MR) is 73.5 cm³/mol. The molecule has 0 aliphatic rings. The van der Waals surface area contributed by atoms with Crippen LogP contribution in [0.1, 0.15) is 32.4 Å². The zero-order chi connectivity index (χ0) is 12.8. The maximum atomic E-state index is 6.05. The molecule has 0 radical (unpaired) electrons. The summed E-state index contributed by atoms with van der Waals surface area (Å²) in [5.41, 5.74) is 1.18. The average molecular weight is 256 g/mol. The maximum absolute atomic E-state index is 6.05. The lowest BCUT2D eigenvalue weighted by Crippen LogP contribution is -2.36. The largest absolute Gasteiger partial charge is 0.379 e. The Hall–Kier alpha value is -0.570. The number of methoxy groups -OCH3 is 1. The third-order valence-electron chi connectivity index (χ3n) is 2.89. The van der Waals surface area contributed by atoms with Gasteiger partial charge in [0.15, 0.2) is 0 Å². The van der Waals surface area contributed by atoms with E-state index < -0.39 is 0 Å². The summed E-state index contributed by atoms with van der Waals surface area (Å²) in [7, 11) is 1.76. The first kappa shape index (κ1) is 14.5. The standard InChI is InChI=1S/C14H22ClNO/c1-5-16-13(14(17-4)10(2)3)11-7-6-8-12(15)9-11/h6-10,13-14,16H,5H2,1-4H3. The first-order valence-electron chi connectivity index (χ1n) is 6.11. The van der Waals surface area contributed by atoms with Crippen molar-refractivity contribution in [3.05, 3.63) is 34.9 Å². The van der Waals surface area contributed by atoms with Crippen molar-refractivity contribution in [3.8, 4) is 0 Å². The molecule has 2 atom stereocenters. The van der Waals surface area contributed by atoms with E-state index in [0.29, 0.717) is 5.92 Å². The van der Waals surface area contributed by atoms with E-state index in [0.717, 1.165) is 11.6 Å². The normalized spacial score (nSPS) is 14.9. The first-order valence-corrected chi connectivity index (χ1v) is 6.49. The van der Waals surface area contributed by atoms with Gasteiger partial charge in [0.2, 0.25) is 0 Å². The van der Waals surface area contributed by atoms with E-state index in [4.69, 9.17) is 16.3 Å². The fourth-order valence-electron chi connectivity index (χ4n) is 2.14. The molecule has 0 saturated carbocycles. The Morgan fingerprint density at radius 2 is 2.06 bits per heavy atom. The molecular weight excluding hydrogens is 234 g/mol. The molecular formula is C14H22ClNO. The molecule has 1 aromatic rings. The summed E-state index contributed by atoms with van der Waals surface area (Å²) >= 11 is 6.05. The zero-order valence-corrected chi connectivity index (χ0v) is 11.8. The third kappa shape index (κ3) is 3.98. The maximum Gasteiger partial charge on any atom is 0.0788 e. The van der Waals surface area contributed by atoms with Gasteiger partial charge in [-0.25, -0.2) is 0 Å². The van der Waals surface area contributed by atoms with Gasteiger partial charge in [0.05, 0.1) is 12.1 Å². The smallest absolute Gasteiger partial charge is 0.0788 e. The highest BCUT2D eigenvalue weighted by Gasteiger charge is 2.25. The number of benzene rings is 1. The van der Waals surface area contributed by atoms with E-state index in [1.165, 1.54) is 5.56 Å². The summed E-state index contributed by atoms with van der Waals surface area (Å²) in [5.74, 6) is 0.447. The minimum Gasteiger partial charge on any atom is -0.379 e. The van der Waals surface area contributed by atoms with Gasteiger partial charge in [-0.2, -0.15) is 0 Å². The fourth-order valence-corrected chi connectivity index (χ4v) is 2.34. The Bertz CT molecular complexity index is 341. The molecule has 0 bridgehead atoms. The van der Waals surface area contributed by atoms with Crippen LogP contribution >= 0.6 is 11.6 Å². The molecule has 1 aromatic carbocycles. The van der Waals surface area contributed by atoms with Crippen molar-refractivity contribution in [1.29, 1.82) is 0 Å². The molecule has 0 heterocycles. The predicted octanol–water partition coefficient (Wildman–Crippen LogP) is 3.66. The van der Waals surface area contributed by atoms with E-state index in [2.05, 4.69) is 32.2 Å². The van der Waals surface area contributed by atoms with E-state index in [1.54, 1.807) is 7.11 Å². The van der Waals surface area contributed by atoms with Crippen molar-refractivity contribution in [2.45, 2.75) is 32.9 Å². The summed E-state index contributed by atoms with van der Waals surface area (Å²) in [5, 5.41) is 4.24. The number of ether oxygens (including phenoxy) is 1. The fraction of sp³-hybridized carbons (Fsp3) is 0.571. The highest BCUT2D eigenvalue weighted by molar-refractivity contribution is 6.30. The Morgan fingerprint density at radius 3 is 2.53 bits per heavy atom. The van der Waals surface area contributed by atoms with Crippen LogP contribution < -0.4 is 5.32 Å². The number of likely N-dealkylation sites (N-methyl/N-ethyl adjacent to an activating group) is 1. The van der Waals surface area contributed by atoms with Crippen molar-refractivity contribution in [3.63, 3.8) is 0 Å². The summed E-state index contributed by atoms with van der Waals surface area (Å²) in [6.45, 7) is 7.35. The van der Waals surface area contributed by atoms with Gasteiger partial charge >= 0.3 is 0 Å². The molecule has 2 nitrogen and oxygen atoms in total. The van der Waals surface area contributed by atoms with Crippen LogP contribution in [0.5, 0.6) is 0 Å². The van der Waals surface area contributed by atoms with Gasteiger partial charge in [-0.1, -0.05) is 44.5 Å². The van der Waals surface area contributed by atoms with Crippen LogP contribution in [-0.4, -0.2) is 19.8 Å². The minimum atomic E-state index is 0.147. The van der Waals surface area contributed by atoms with Gasteiger partial charge in [0, 0.05) is 12.1 Å². The van der Waals surface area contributed by atoms with E-state index in [-0.39, 0.29) is 12.1 Å². The van der Waals surface area contributed by atoms with E-state index in [1.807, 2.05) is 18.2 Å². The van der Waals surface area contributed by atoms with Crippen LogP contribution in [0.4, 0.5) is 0 Å². The Morgan fingerprint density at radius 1 is 1.35 bits per heavy atom. The van der Waals surface area contributed by atoms with Crippen LogP contribution in [-0.2, 0) is 4.74 Å². The topological polar surface area (TPSA) is 21.3 Å². The summed E-state index contributed by atoms with van der Waals surface area (Å²) in [6, 6.07) is 8.15. The summed E-state index contributed by atoms with van der Waals surface area (Å²) in [4.78, 5) is 0. The van der Waals surface area contributed by atoms with Gasteiger partial charge in [-0.3, -0.25) is 0 Å². The van der Waals surface area contributed by atoms with Crippen LogP contribution in [0, 0.1) is 5.92 Å². The van der Waals surface area contributed by atoms with Crippen molar-refractivity contribution < 1.29 is 4.74 Å². The molecule has 0 spiro atoms. The van der Waals surface area contributed by atoms with E-state index in [9.17, 15) is 0 Å². The number of hydrogen-bond acceptors (Lipinski definition) is 2. The lowest BCUT2D eigenvalue weighted by Gasteiger charge is -2.30. The van der Waals surface area contributed by atoms with Crippen LogP contribution in [0.15, 0.2) is 24.3 Å². The van der Waals surface area contributed by atoms with Crippen LogP contribution in [0.2, 0.25) is 5.02 Å². The van der Waals surface area contributed by atoms with Gasteiger partial charge in [0.1, 0.15) is 0 Å². The molecule has 0 aliphatic carbocycles. The second-order valence-corrected chi connectivity index (χ2v) is 4.97. The SMILES string of the molecule is CCNC(c1cccc(Cl)c1)C(OC)C(C)C. The van der Waals surface area contributed by atoms with Crippen LogP contribution in [0.25, 0.3) is 0 Å². The highest BCUT2D eigenvalue weighted by Crippen LogP contribution is 2.26. The number of nitrogens with one attached hydrogen (secondary N) is 1. The zero-order valence-electron chi connectivity index (χ0n) is 11.0. The molecule has 1 rings (SSSR count). The molecule has 0 saturated heterocycles. The summed E-state index contributed by atoms with van der Waals surface area (Å²) < 4.78 is 5.62. The second kappa shape index (κ2) is 7.00. The van der Waals surface area contributed by atoms with Crippen molar-refractivity contribution in [2.24, 2.45) is 5.92 Å². The molecule has 1 N–H and O–H groups in total. The van der Waals surface area contributed by atoms with Gasteiger partial charge in [-0.15, -0.1) is 0 Å². The number of rotatable bonds is 6. The molecule has 0 fully saturated rings. The molecule has 3 heteroatoms. The van der Waals surface area contributed by atoms with Crippen LogP contribution in [0.3, 0.4) is 0 Å². The van der Waals surface area contributed by atoms with Gasteiger partial charge < -0.3 is 10.1 Å². The van der Waals surface area contributed by atoms with Gasteiger partial charge in [-0.05, 0) is 30.2 Å². The third-order valence-corrected chi connectivity index (χ3v) is 3.12.